The zero-order valence-electron chi connectivity index (χ0n) is 9.25. The van der Waals surface area contributed by atoms with Crippen molar-refractivity contribution in [2.45, 2.75) is 20.4 Å². The summed E-state index contributed by atoms with van der Waals surface area (Å²) in [6, 6.07) is 4.18. The molecule has 78 valence electrons. The number of hydrogen-bond acceptors (Lipinski definition) is 3. The van der Waals surface area contributed by atoms with Crippen molar-refractivity contribution < 1.29 is 0 Å². The fourth-order valence-electron chi connectivity index (χ4n) is 1.21. The van der Waals surface area contributed by atoms with Crippen LogP contribution in [0.5, 0.6) is 0 Å². The fourth-order valence-corrected chi connectivity index (χ4v) is 1.21. The van der Waals surface area contributed by atoms with E-state index < -0.39 is 0 Å². The molecule has 0 aromatic carbocycles. The summed E-state index contributed by atoms with van der Waals surface area (Å²) in [6.45, 7) is 7.14. The molecule has 3 nitrogen and oxygen atoms in total. The molecule has 0 unspecified atom stereocenters. The van der Waals surface area contributed by atoms with Crippen LogP contribution in [-0.4, -0.2) is 25.1 Å². The third-order valence-corrected chi connectivity index (χ3v) is 2.25. The summed E-state index contributed by atoms with van der Waals surface area (Å²) >= 11 is 0. The minimum atomic E-state index is 0.920. The maximum Gasteiger partial charge on any atom is 0.128 e. The van der Waals surface area contributed by atoms with Crippen molar-refractivity contribution in [2.24, 2.45) is 0 Å². The van der Waals surface area contributed by atoms with Crippen molar-refractivity contribution in [3.8, 4) is 0 Å². The van der Waals surface area contributed by atoms with Crippen LogP contribution in [0, 0.1) is 0 Å². The lowest BCUT2D eigenvalue weighted by atomic mass is 10.2. The predicted molar refractivity (Wildman–Crippen MR) is 60.6 cm³/mol. The van der Waals surface area contributed by atoms with Crippen molar-refractivity contribution in [2.75, 3.05) is 25.0 Å². The third kappa shape index (κ3) is 3.00. The van der Waals surface area contributed by atoms with Gasteiger partial charge in [0.1, 0.15) is 5.82 Å². The van der Waals surface area contributed by atoms with E-state index in [9.17, 15) is 0 Å². The van der Waals surface area contributed by atoms with E-state index in [0.29, 0.717) is 0 Å². The zero-order valence-corrected chi connectivity index (χ0v) is 9.25. The van der Waals surface area contributed by atoms with E-state index in [1.165, 1.54) is 5.56 Å². The second-order valence-corrected chi connectivity index (χ2v) is 3.32. The lowest BCUT2D eigenvalue weighted by molar-refractivity contribution is 0.725. The molecular formula is C11H19N3. The lowest BCUT2D eigenvalue weighted by Crippen LogP contribution is -2.18. The van der Waals surface area contributed by atoms with Gasteiger partial charge in [0.15, 0.2) is 0 Å². The molecule has 0 amide bonds. The van der Waals surface area contributed by atoms with Gasteiger partial charge >= 0.3 is 0 Å². The van der Waals surface area contributed by atoms with E-state index in [4.69, 9.17) is 0 Å². The second kappa shape index (κ2) is 5.60. The van der Waals surface area contributed by atoms with Crippen LogP contribution in [0.2, 0.25) is 0 Å². The number of nitrogens with one attached hydrogen (secondary N) is 1. The average Bonchev–Trinajstić information content (AvgIpc) is 2.25. The molecule has 0 saturated carbocycles. The summed E-state index contributed by atoms with van der Waals surface area (Å²) in [5, 5.41) is 3.30. The van der Waals surface area contributed by atoms with E-state index in [2.05, 4.69) is 48.2 Å². The van der Waals surface area contributed by atoms with Crippen LogP contribution in [0.15, 0.2) is 18.3 Å². The quantitative estimate of drug-likeness (QED) is 0.770. The van der Waals surface area contributed by atoms with Crippen LogP contribution < -0.4 is 10.2 Å². The Morgan fingerprint density at radius 1 is 1.43 bits per heavy atom. The Balaban J connectivity index is 2.68. The maximum atomic E-state index is 4.32. The molecule has 1 aromatic rings. The molecule has 1 N–H and O–H groups in total. The molecule has 3 heteroatoms. The zero-order chi connectivity index (χ0) is 10.4. The topological polar surface area (TPSA) is 28.2 Å². The van der Waals surface area contributed by atoms with Gasteiger partial charge < -0.3 is 10.2 Å². The SMILES string of the molecule is CCNCc1ccnc(N(C)CC)c1. The van der Waals surface area contributed by atoms with Crippen molar-refractivity contribution in [1.29, 1.82) is 0 Å². The van der Waals surface area contributed by atoms with Crippen LogP contribution in [0.25, 0.3) is 0 Å². The van der Waals surface area contributed by atoms with Crippen LogP contribution in [0.3, 0.4) is 0 Å². The van der Waals surface area contributed by atoms with Crippen molar-refractivity contribution >= 4 is 5.82 Å². The van der Waals surface area contributed by atoms with Crippen molar-refractivity contribution in [3.05, 3.63) is 23.9 Å². The normalized spacial score (nSPS) is 10.2. The van der Waals surface area contributed by atoms with Crippen molar-refractivity contribution in [3.63, 3.8) is 0 Å². The first kappa shape index (κ1) is 11.0. The molecule has 1 aromatic heterocycles. The largest absolute Gasteiger partial charge is 0.360 e. The van der Waals surface area contributed by atoms with Crippen LogP contribution in [0.4, 0.5) is 5.82 Å². The van der Waals surface area contributed by atoms with E-state index in [0.717, 1.165) is 25.5 Å². The number of nitrogens with zero attached hydrogens (tertiary/aromatic N) is 2. The number of aromatic nitrogens is 1. The summed E-state index contributed by atoms with van der Waals surface area (Å²) in [6.07, 6.45) is 1.87. The summed E-state index contributed by atoms with van der Waals surface area (Å²) in [5.74, 6) is 1.04. The molecule has 1 rings (SSSR count). The molecule has 0 aliphatic rings. The molecule has 1 heterocycles. The highest BCUT2D eigenvalue weighted by Gasteiger charge is 2.00. The predicted octanol–water partition coefficient (Wildman–Crippen LogP) is 1.65. The van der Waals surface area contributed by atoms with Gasteiger partial charge in [0.2, 0.25) is 0 Å². The van der Waals surface area contributed by atoms with Gasteiger partial charge in [0, 0.05) is 26.3 Å². The monoisotopic (exact) mass is 193 g/mol. The number of rotatable bonds is 5. The highest BCUT2D eigenvalue weighted by atomic mass is 15.1. The molecule has 0 radical (unpaired) electrons. The molecule has 0 spiro atoms. The lowest BCUT2D eigenvalue weighted by Gasteiger charge is -2.16. The van der Waals surface area contributed by atoms with Crippen molar-refractivity contribution in [1.82, 2.24) is 10.3 Å². The smallest absolute Gasteiger partial charge is 0.128 e. The summed E-state index contributed by atoms with van der Waals surface area (Å²) < 4.78 is 0. The Hall–Kier alpha value is -1.09. The minimum Gasteiger partial charge on any atom is -0.360 e. The highest BCUT2D eigenvalue weighted by molar-refractivity contribution is 5.39. The first-order valence-electron chi connectivity index (χ1n) is 5.14. The molecular weight excluding hydrogens is 174 g/mol. The molecule has 0 bridgehead atoms. The Morgan fingerprint density at radius 3 is 2.86 bits per heavy atom. The van der Waals surface area contributed by atoms with Gasteiger partial charge in [-0.2, -0.15) is 0 Å². The fraction of sp³-hybridized carbons (Fsp3) is 0.545. The maximum absolute atomic E-state index is 4.32. The van der Waals surface area contributed by atoms with Gasteiger partial charge in [-0.3, -0.25) is 0 Å². The first-order valence-corrected chi connectivity index (χ1v) is 5.14. The summed E-state index contributed by atoms with van der Waals surface area (Å²) in [5.41, 5.74) is 1.29. The van der Waals surface area contributed by atoms with Gasteiger partial charge in [-0.25, -0.2) is 4.98 Å². The van der Waals surface area contributed by atoms with Gasteiger partial charge in [-0.05, 0) is 31.2 Å². The minimum absolute atomic E-state index is 0.920. The molecule has 0 atom stereocenters. The molecule has 0 fully saturated rings. The van der Waals surface area contributed by atoms with E-state index >= 15 is 0 Å². The van der Waals surface area contributed by atoms with Gasteiger partial charge in [-0.1, -0.05) is 6.92 Å². The second-order valence-electron chi connectivity index (χ2n) is 3.32. The standard InChI is InChI=1S/C11H19N3/c1-4-12-9-10-6-7-13-11(8-10)14(3)5-2/h6-8,12H,4-5,9H2,1-3H3. The number of anilines is 1. The van der Waals surface area contributed by atoms with Crippen LogP contribution in [0.1, 0.15) is 19.4 Å². The van der Waals surface area contributed by atoms with Gasteiger partial charge in [-0.15, -0.1) is 0 Å². The first-order chi connectivity index (χ1) is 6.77. The van der Waals surface area contributed by atoms with E-state index in [-0.39, 0.29) is 0 Å². The Labute approximate surface area is 86.2 Å². The Morgan fingerprint density at radius 2 is 2.21 bits per heavy atom. The Kier molecular flexibility index (Phi) is 4.40. The van der Waals surface area contributed by atoms with Gasteiger partial charge in [0.25, 0.3) is 0 Å². The number of hydrogen-bond donors (Lipinski definition) is 1. The van der Waals surface area contributed by atoms with Gasteiger partial charge in [0.05, 0.1) is 0 Å². The molecule has 14 heavy (non-hydrogen) atoms. The molecule has 0 aliphatic carbocycles. The van der Waals surface area contributed by atoms with Crippen LogP contribution in [-0.2, 0) is 6.54 Å². The van der Waals surface area contributed by atoms with E-state index in [1.807, 2.05) is 6.20 Å². The summed E-state index contributed by atoms with van der Waals surface area (Å²) in [4.78, 5) is 6.45. The highest BCUT2D eigenvalue weighted by Crippen LogP contribution is 2.10. The van der Waals surface area contributed by atoms with Crippen LogP contribution >= 0.6 is 0 Å². The van der Waals surface area contributed by atoms with E-state index in [1.54, 1.807) is 0 Å². The summed E-state index contributed by atoms with van der Waals surface area (Å²) in [7, 11) is 2.05. The number of pyridine rings is 1. The third-order valence-electron chi connectivity index (χ3n) is 2.25. The Bertz CT molecular complexity index is 273. The molecule has 0 aliphatic heterocycles. The molecule has 0 saturated heterocycles. The average molecular weight is 193 g/mol.